The second-order valence-electron chi connectivity index (χ2n) is 11.7. The van der Waals surface area contributed by atoms with Gasteiger partial charge in [0.1, 0.15) is 6.04 Å². The van der Waals surface area contributed by atoms with Gasteiger partial charge in [0, 0.05) is 17.3 Å². The van der Waals surface area contributed by atoms with E-state index in [9.17, 15) is 19.5 Å². The molecule has 3 aliphatic heterocycles. The molecule has 3 fully saturated rings. The standard InChI is InChI=1S/C32H44N2O5S/c1-6-9-19-39-30(38)26-25-28(36)34(24(21-35)20-23-14-11-10-12-15-23)27(32(25)17-16-31(26,5)40-32)29(37)33(18-8-3)22(4)13-7-2/h6,8,10-12,14-15,22,24-27,35H,1,3,7,9,13,16-21H2,2,4-5H3/t22?,24-,25+,26+,27?,31-,32?/m1/s1. The first-order valence-corrected chi connectivity index (χ1v) is 15.4. The SMILES string of the molecule is C=CCCOC(=O)[C@@H]1[C@H]2C(=O)N([C@@H](CO)Cc3ccccc3)C(C(=O)N(CC=C)C(C)CCC)C23CC[C@@]1(C)S3. The topological polar surface area (TPSA) is 87.1 Å². The minimum Gasteiger partial charge on any atom is -0.465 e. The van der Waals surface area contributed by atoms with E-state index in [-0.39, 0.29) is 37.0 Å². The Kier molecular flexibility index (Phi) is 9.51. The molecule has 218 valence electrons. The molecule has 1 aromatic carbocycles. The van der Waals surface area contributed by atoms with Gasteiger partial charge in [0.25, 0.3) is 0 Å². The highest BCUT2D eigenvalue weighted by atomic mass is 32.2. The molecular formula is C32H44N2O5S. The Bertz CT molecular complexity index is 1110. The maximum atomic E-state index is 14.7. The summed E-state index contributed by atoms with van der Waals surface area (Å²) in [4.78, 5) is 46.2. The van der Waals surface area contributed by atoms with Gasteiger partial charge in [-0.3, -0.25) is 14.4 Å². The molecule has 7 nitrogen and oxygen atoms in total. The Morgan fingerprint density at radius 2 is 1.98 bits per heavy atom. The summed E-state index contributed by atoms with van der Waals surface area (Å²) in [5, 5.41) is 10.7. The Labute approximate surface area is 243 Å². The van der Waals surface area contributed by atoms with E-state index in [2.05, 4.69) is 20.1 Å². The van der Waals surface area contributed by atoms with Gasteiger partial charge in [0.2, 0.25) is 11.8 Å². The number of fused-ring (bicyclic) bond motifs is 1. The van der Waals surface area contributed by atoms with Crippen molar-refractivity contribution in [3.8, 4) is 0 Å². The number of benzene rings is 1. The van der Waals surface area contributed by atoms with Crippen LogP contribution in [0.4, 0.5) is 0 Å². The van der Waals surface area contributed by atoms with Gasteiger partial charge in [-0.05, 0) is 51.5 Å². The van der Waals surface area contributed by atoms with Crippen LogP contribution in [0.15, 0.2) is 55.6 Å². The fraction of sp³-hybridized carbons (Fsp3) is 0.594. The molecule has 1 spiro atoms. The zero-order chi connectivity index (χ0) is 29.1. The van der Waals surface area contributed by atoms with Gasteiger partial charge in [-0.25, -0.2) is 0 Å². The summed E-state index contributed by atoms with van der Waals surface area (Å²) in [6.45, 7) is 14.1. The number of carbonyl (C=O) groups excluding carboxylic acids is 3. The number of aliphatic hydroxyl groups is 1. The van der Waals surface area contributed by atoms with Crippen LogP contribution in [-0.2, 0) is 25.5 Å². The monoisotopic (exact) mass is 568 g/mol. The highest BCUT2D eigenvalue weighted by molar-refractivity contribution is 8.02. The molecule has 0 aromatic heterocycles. The Morgan fingerprint density at radius 1 is 1.25 bits per heavy atom. The normalized spacial score (nSPS) is 30.1. The molecule has 0 saturated carbocycles. The van der Waals surface area contributed by atoms with Crippen molar-refractivity contribution in [3.63, 3.8) is 0 Å². The third kappa shape index (κ3) is 5.25. The van der Waals surface area contributed by atoms with Crippen molar-refractivity contribution in [2.75, 3.05) is 19.8 Å². The van der Waals surface area contributed by atoms with E-state index in [4.69, 9.17) is 4.74 Å². The van der Waals surface area contributed by atoms with E-state index in [1.807, 2.05) is 49.1 Å². The van der Waals surface area contributed by atoms with Gasteiger partial charge in [-0.2, -0.15) is 0 Å². The summed E-state index contributed by atoms with van der Waals surface area (Å²) in [6, 6.07) is 8.29. The summed E-state index contributed by atoms with van der Waals surface area (Å²) < 4.78 is 4.39. The van der Waals surface area contributed by atoms with E-state index in [0.29, 0.717) is 25.8 Å². The van der Waals surface area contributed by atoms with Crippen molar-refractivity contribution in [3.05, 3.63) is 61.2 Å². The molecule has 7 atom stereocenters. The van der Waals surface area contributed by atoms with Crippen molar-refractivity contribution in [2.45, 2.75) is 86.9 Å². The van der Waals surface area contributed by atoms with Crippen LogP contribution < -0.4 is 0 Å². The van der Waals surface area contributed by atoms with E-state index in [1.165, 1.54) is 0 Å². The highest BCUT2D eigenvalue weighted by Crippen LogP contribution is 2.71. The van der Waals surface area contributed by atoms with Gasteiger partial charge in [-0.1, -0.05) is 55.8 Å². The molecule has 0 aliphatic carbocycles. The number of amides is 2. The number of aliphatic hydroxyl groups excluding tert-OH is 1. The number of rotatable bonds is 14. The van der Waals surface area contributed by atoms with Crippen molar-refractivity contribution in [1.29, 1.82) is 0 Å². The molecule has 8 heteroatoms. The Morgan fingerprint density at radius 3 is 2.60 bits per heavy atom. The van der Waals surface area contributed by atoms with E-state index < -0.39 is 33.4 Å². The zero-order valence-electron chi connectivity index (χ0n) is 24.1. The molecular weight excluding hydrogens is 524 g/mol. The number of esters is 1. The summed E-state index contributed by atoms with van der Waals surface area (Å²) in [5.41, 5.74) is 0.974. The summed E-state index contributed by atoms with van der Waals surface area (Å²) >= 11 is 1.63. The van der Waals surface area contributed by atoms with Crippen molar-refractivity contribution < 1.29 is 24.2 Å². The number of hydrogen-bond acceptors (Lipinski definition) is 6. The molecule has 2 amide bonds. The van der Waals surface area contributed by atoms with Crippen LogP contribution in [0.2, 0.25) is 0 Å². The first-order valence-electron chi connectivity index (χ1n) is 14.5. The Hall–Kier alpha value is -2.58. The van der Waals surface area contributed by atoms with Gasteiger partial charge < -0.3 is 19.6 Å². The van der Waals surface area contributed by atoms with Crippen LogP contribution >= 0.6 is 11.8 Å². The lowest BCUT2D eigenvalue weighted by Crippen LogP contribution is -2.59. The van der Waals surface area contributed by atoms with Crippen LogP contribution in [-0.4, -0.2) is 80.1 Å². The number of likely N-dealkylation sites (tertiary alicyclic amines) is 1. The van der Waals surface area contributed by atoms with E-state index in [1.54, 1.807) is 28.8 Å². The average Bonchev–Trinajstić information content (AvgIpc) is 3.51. The van der Waals surface area contributed by atoms with Gasteiger partial charge in [0.05, 0.1) is 35.8 Å². The predicted octanol–water partition coefficient (Wildman–Crippen LogP) is 4.39. The van der Waals surface area contributed by atoms with Crippen molar-refractivity contribution in [2.24, 2.45) is 11.8 Å². The fourth-order valence-corrected chi connectivity index (χ4v) is 9.55. The minimum absolute atomic E-state index is 0.0385. The molecule has 1 aromatic rings. The molecule has 4 rings (SSSR count). The average molecular weight is 569 g/mol. The van der Waals surface area contributed by atoms with Crippen LogP contribution in [0, 0.1) is 11.8 Å². The number of thioether (sulfide) groups is 1. The van der Waals surface area contributed by atoms with Crippen LogP contribution in [0.1, 0.15) is 58.4 Å². The molecule has 3 heterocycles. The highest BCUT2D eigenvalue weighted by Gasteiger charge is 2.78. The molecule has 3 saturated heterocycles. The molecule has 2 bridgehead atoms. The number of hydrogen-bond donors (Lipinski definition) is 1. The van der Waals surface area contributed by atoms with Crippen molar-refractivity contribution >= 4 is 29.5 Å². The van der Waals surface area contributed by atoms with E-state index in [0.717, 1.165) is 24.8 Å². The first-order chi connectivity index (χ1) is 19.2. The molecule has 3 aliphatic rings. The maximum absolute atomic E-state index is 14.7. The molecule has 3 unspecified atom stereocenters. The van der Waals surface area contributed by atoms with Gasteiger partial charge in [-0.15, -0.1) is 24.9 Å². The van der Waals surface area contributed by atoms with Crippen LogP contribution in [0.3, 0.4) is 0 Å². The summed E-state index contributed by atoms with van der Waals surface area (Å²) in [5.74, 6) is -2.06. The zero-order valence-corrected chi connectivity index (χ0v) is 24.9. The largest absolute Gasteiger partial charge is 0.465 e. The van der Waals surface area contributed by atoms with Crippen molar-refractivity contribution in [1.82, 2.24) is 9.80 Å². The van der Waals surface area contributed by atoms with Gasteiger partial charge in [0.15, 0.2) is 0 Å². The lowest BCUT2D eigenvalue weighted by Gasteiger charge is -2.41. The molecule has 40 heavy (non-hydrogen) atoms. The second-order valence-corrected chi connectivity index (χ2v) is 13.6. The van der Waals surface area contributed by atoms with E-state index >= 15 is 0 Å². The number of carbonyl (C=O) groups is 3. The molecule has 1 N–H and O–H groups in total. The number of ether oxygens (including phenoxy) is 1. The quantitative estimate of drug-likeness (QED) is 0.204. The second kappa shape index (κ2) is 12.5. The minimum atomic E-state index is -0.789. The predicted molar refractivity (Wildman–Crippen MR) is 159 cm³/mol. The van der Waals surface area contributed by atoms with Crippen LogP contribution in [0.25, 0.3) is 0 Å². The Balaban J connectivity index is 1.79. The number of nitrogens with zero attached hydrogens (tertiary/aromatic N) is 2. The fourth-order valence-electron chi connectivity index (χ4n) is 7.22. The third-order valence-electron chi connectivity index (χ3n) is 9.03. The molecule has 0 radical (unpaired) electrons. The summed E-state index contributed by atoms with van der Waals surface area (Å²) in [7, 11) is 0. The maximum Gasteiger partial charge on any atom is 0.311 e. The van der Waals surface area contributed by atoms with Gasteiger partial charge >= 0.3 is 5.97 Å². The smallest absolute Gasteiger partial charge is 0.311 e. The van der Waals surface area contributed by atoms with Crippen LogP contribution in [0.5, 0.6) is 0 Å². The first kappa shape index (κ1) is 30.4. The third-order valence-corrected chi connectivity index (χ3v) is 11.0. The lowest BCUT2D eigenvalue weighted by atomic mass is 9.66. The summed E-state index contributed by atoms with van der Waals surface area (Å²) in [6.07, 6.45) is 7.50. The lowest BCUT2D eigenvalue weighted by molar-refractivity contribution is -0.156.